The Balaban J connectivity index is 1.42. The summed E-state index contributed by atoms with van der Waals surface area (Å²) in [6, 6.07) is 11.4. The van der Waals surface area contributed by atoms with Crippen LogP contribution in [0.15, 0.2) is 42.5 Å². The summed E-state index contributed by atoms with van der Waals surface area (Å²) in [5, 5.41) is 2.70. The van der Waals surface area contributed by atoms with E-state index in [0.717, 1.165) is 17.7 Å². The number of nitrogens with zero attached hydrogens (tertiary/aromatic N) is 1. The molecule has 1 unspecified atom stereocenters. The molecule has 3 amide bonds. The van der Waals surface area contributed by atoms with Crippen molar-refractivity contribution in [3.8, 4) is 5.75 Å². The second-order valence-corrected chi connectivity index (χ2v) is 8.02. The van der Waals surface area contributed by atoms with Gasteiger partial charge in [0.1, 0.15) is 11.3 Å². The topological polar surface area (TPSA) is 111 Å². The maximum absolute atomic E-state index is 12.7. The van der Waals surface area contributed by atoms with Crippen molar-refractivity contribution in [3.63, 3.8) is 0 Å². The molecule has 2 aliphatic rings. The van der Waals surface area contributed by atoms with Gasteiger partial charge in [0.2, 0.25) is 0 Å². The second-order valence-electron chi connectivity index (χ2n) is 8.02. The van der Waals surface area contributed by atoms with Crippen molar-refractivity contribution in [1.82, 2.24) is 10.2 Å². The van der Waals surface area contributed by atoms with E-state index in [-0.39, 0.29) is 30.0 Å². The van der Waals surface area contributed by atoms with E-state index in [4.69, 9.17) is 14.2 Å². The van der Waals surface area contributed by atoms with Crippen molar-refractivity contribution in [1.29, 1.82) is 0 Å². The molecule has 2 heterocycles. The monoisotopic (exact) mass is 466 g/mol. The highest BCUT2D eigenvalue weighted by Crippen LogP contribution is 2.27. The van der Waals surface area contributed by atoms with Gasteiger partial charge < -0.3 is 19.5 Å². The summed E-state index contributed by atoms with van der Waals surface area (Å²) >= 11 is 0. The van der Waals surface area contributed by atoms with Crippen LogP contribution in [-0.2, 0) is 20.8 Å². The number of amides is 3. The summed E-state index contributed by atoms with van der Waals surface area (Å²) < 4.78 is 16.2. The van der Waals surface area contributed by atoms with Gasteiger partial charge in [0, 0.05) is 13.2 Å². The molecular weight excluding hydrogens is 440 g/mol. The van der Waals surface area contributed by atoms with Gasteiger partial charge >= 0.3 is 5.97 Å². The Morgan fingerprint density at radius 2 is 1.85 bits per heavy atom. The number of hydrogen-bond donors (Lipinski definition) is 1. The predicted octanol–water partition coefficient (Wildman–Crippen LogP) is 2.33. The summed E-state index contributed by atoms with van der Waals surface area (Å²) in [7, 11) is 0. The number of carbonyl (C=O) groups excluding carboxylic acids is 4. The minimum atomic E-state index is -0.736. The minimum Gasteiger partial charge on any atom is -0.493 e. The SMILES string of the molecule is CCOc1ccc(CN2C(=O)c3ccccc3C2=O)cc1C(=O)OCC(=O)NCC1CCCO1. The Morgan fingerprint density at radius 3 is 2.50 bits per heavy atom. The van der Waals surface area contributed by atoms with Gasteiger partial charge in [-0.25, -0.2) is 4.79 Å². The van der Waals surface area contributed by atoms with Crippen molar-refractivity contribution in [2.24, 2.45) is 0 Å². The molecule has 1 N–H and O–H groups in total. The Labute approximate surface area is 197 Å². The Kier molecular flexibility index (Phi) is 7.22. The minimum absolute atomic E-state index is 0.0111. The van der Waals surface area contributed by atoms with Gasteiger partial charge in [-0.15, -0.1) is 0 Å². The third-order valence-corrected chi connectivity index (χ3v) is 5.67. The summed E-state index contributed by atoms with van der Waals surface area (Å²) in [4.78, 5) is 51.3. The largest absolute Gasteiger partial charge is 0.493 e. The third-order valence-electron chi connectivity index (χ3n) is 5.67. The van der Waals surface area contributed by atoms with Gasteiger partial charge in [-0.2, -0.15) is 0 Å². The van der Waals surface area contributed by atoms with Crippen LogP contribution >= 0.6 is 0 Å². The molecule has 178 valence electrons. The Bertz CT molecular complexity index is 1070. The fourth-order valence-electron chi connectivity index (χ4n) is 3.97. The standard InChI is InChI=1S/C25H26N2O7/c1-2-32-21-10-9-16(14-27-23(29)18-7-3-4-8-19(18)24(27)30)12-20(21)25(31)34-15-22(28)26-13-17-6-5-11-33-17/h3-4,7-10,12,17H,2,5-6,11,13-15H2,1H3,(H,26,28). The van der Waals surface area contributed by atoms with Crippen LogP contribution in [-0.4, -0.2) is 61.1 Å². The number of nitrogens with one attached hydrogen (secondary N) is 1. The van der Waals surface area contributed by atoms with Gasteiger partial charge in [0.25, 0.3) is 17.7 Å². The van der Waals surface area contributed by atoms with Crippen LogP contribution < -0.4 is 10.1 Å². The van der Waals surface area contributed by atoms with Crippen LogP contribution in [0.3, 0.4) is 0 Å². The van der Waals surface area contributed by atoms with Crippen molar-refractivity contribution in [2.75, 3.05) is 26.4 Å². The molecule has 4 rings (SSSR count). The lowest BCUT2D eigenvalue weighted by atomic mass is 10.1. The van der Waals surface area contributed by atoms with Crippen molar-refractivity contribution < 1.29 is 33.4 Å². The zero-order chi connectivity index (χ0) is 24.1. The van der Waals surface area contributed by atoms with Crippen LogP contribution in [0.25, 0.3) is 0 Å². The van der Waals surface area contributed by atoms with Crippen molar-refractivity contribution >= 4 is 23.7 Å². The molecule has 34 heavy (non-hydrogen) atoms. The molecule has 2 aromatic rings. The summed E-state index contributed by atoms with van der Waals surface area (Å²) in [6.45, 7) is 2.70. The van der Waals surface area contributed by atoms with Crippen LogP contribution in [0.2, 0.25) is 0 Å². The fraction of sp³-hybridized carbons (Fsp3) is 0.360. The zero-order valence-corrected chi connectivity index (χ0v) is 18.9. The average molecular weight is 466 g/mol. The smallest absolute Gasteiger partial charge is 0.342 e. The van der Waals surface area contributed by atoms with E-state index in [2.05, 4.69) is 5.32 Å². The highest BCUT2D eigenvalue weighted by Gasteiger charge is 2.35. The van der Waals surface area contributed by atoms with E-state index in [1.165, 1.54) is 6.07 Å². The van der Waals surface area contributed by atoms with Crippen LogP contribution in [0, 0.1) is 0 Å². The highest BCUT2D eigenvalue weighted by molar-refractivity contribution is 6.21. The maximum Gasteiger partial charge on any atom is 0.342 e. The lowest BCUT2D eigenvalue weighted by Crippen LogP contribution is -2.34. The van der Waals surface area contributed by atoms with Crippen LogP contribution in [0.5, 0.6) is 5.75 Å². The number of esters is 1. The van der Waals surface area contributed by atoms with Crippen molar-refractivity contribution in [3.05, 3.63) is 64.7 Å². The molecule has 9 nitrogen and oxygen atoms in total. The first-order valence-electron chi connectivity index (χ1n) is 11.2. The number of carbonyl (C=O) groups is 4. The molecular formula is C25H26N2O7. The molecule has 1 fully saturated rings. The quantitative estimate of drug-likeness (QED) is 0.446. The van der Waals surface area contributed by atoms with Gasteiger partial charge in [0.15, 0.2) is 6.61 Å². The fourth-order valence-corrected chi connectivity index (χ4v) is 3.97. The maximum atomic E-state index is 12.7. The van der Waals surface area contributed by atoms with E-state index < -0.39 is 18.5 Å². The number of ether oxygens (including phenoxy) is 3. The predicted molar refractivity (Wildman–Crippen MR) is 121 cm³/mol. The van der Waals surface area contributed by atoms with Gasteiger partial charge in [0.05, 0.1) is 30.4 Å². The van der Waals surface area contributed by atoms with Gasteiger partial charge in [-0.3, -0.25) is 19.3 Å². The van der Waals surface area contributed by atoms with E-state index in [0.29, 0.717) is 42.2 Å². The number of fused-ring (bicyclic) bond motifs is 1. The molecule has 0 spiro atoms. The molecule has 9 heteroatoms. The molecule has 0 saturated carbocycles. The number of rotatable bonds is 9. The lowest BCUT2D eigenvalue weighted by Gasteiger charge is -2.16. The first-order chi connectivity index (χ1) is 16.5. The molecule has 0 aromatic heterocycles. The zero-order valence-electron chi connectivity index (χ0n) is 18.9. The van der Waals surface area contributed by atoms with E-state index in [1.807, 2.05) is 0 Å². The van der Waals surface area contributed by atoms with Crippen LogP contribution in [0.4, 0.5) is 0 Å². The molecule has 0 aliphatic carbocycles. The summed E-state index contributed by atoms with van der Waals surface area (Å²) in [5.74, 6) is -1.65. The van der Waals surface area contributed by atoms with Gasteiger partial charge in [-0.1, -0.05) is 18.2 Å². The number of benzene rings is 2. The number of hydrogen-bond acceptors (Lipinski definition) is 7. The van der Waals surface area contributed by atoms with Gasteiger partial charge in [-0.05, 0) is 49.6 Å². The molecule has 2 aromatic carbocycles. The average Bonchev–Trinajstić information content (AvgIpc) is 3.45. The third kappa shape index (κ3) is 5.09. The van der Waals surface area contributed by atoms with E-state index in [9.17, 15) is 19.2 Å². The summed E-state index contributed by atoms with van der Waals surface area (Å²) in [6.07, 6.45) is 1.84. The van der Waals surface area contributed by atoms with Crippen molar-refractivity contribution in [2.45, 2.75) is 32.4 Å². The normalized spacial score (nSPS) is 17.0. The summed E-state index contributed by atoms with van der Waals surface area (Å²) in [5.41, 5.74) is 1.37. The lowest BCUT2D eigenvalue weighted by molar-refractivity contribution is -0.124. The molecule has 0 radical (unpaired) electrons. The highest BCUT2D eigenvalue weighted by atomic mass is 16.5. The first-order valence-corrected chi connectivity index (χ1v) is 11.2. The Morgan fingerprint density at radius 1 is 1.12 bits per heavy atom. The first kappa shape index (κ1) is 23.4. The molecule has 1 saturated heterocycles. The Hall–Kier alpha value is -3.72. The number of imide groups is 1. The second kappa shape index (κ2) is 10.5. The van der Waals surface area contributed by atoms with Crippen LogP contribution in [0.1, 0.15) is 56.4 Å². The van der Waals surface area contributed by atoms with E-state index in [1.54, 1.807) is 43.3 Å². The molecule has 0 bridgehead atoms. The van der Waals surface area contributed by atoms with E-state index >= 15 is 0 Å². The molecule has 1 atom stereocenters. The molecule has 2 aliphatic heterocycles.